The zero-order valence-electron chi connectivity index (χ0n) is 18.5. The number of benzene rings is 3. The largest absolute Gasteiger partial charge is 0.493 e. The fourth-order valence-electron chi connectivity index (χ4n) is 2.89. The predicted octanol–water partition coefficient (Wildman–Crippen LogP) is 5.28. The van der Waals surface area contributed by atoms with E-state index < -0.39 is 0 Å². The summed E-state index contributed by atoms with van der Waals surface area (Å²) in [6.45, 7) is 0. The number of nitrogens with two attached hydrogens (primary N) is 1. The van der Waals surface area contributed by atoms with Crippen LogP contribution in [0.15, 0.2) is 78.0 Å². The van der Waals surface area contributed by atoms with Gasteiger partial charge in [-0.25, -0.2) is 14.8 Å². The van der Waals surface area contributed by atoms with Crippen molar-refractivity contribution in [3.8, 4) is 11.5 Å². The van der Waals surface area contributed by atoms with Crippen LogP contribution in [0.25, 0.3) is 10.9 Å². The lowest BCUT2D eigenvalue weighted by Gasteiger charge is -2.08. The highest BCUT2D eigenvalue weighted by Gasteiger charge is 2.08. The molecule has 0 aliphatic rings. The molecule has 9 heteroatoms. The Hall–Kier alpha value is -3.98. The first-order valence-electron chi connectivity index (χ1n) is 9.93. The number of anilines is 3. The number of hydrogen-bond acceptors (Lipinski definition) is 7. The number of methoxy groups -OCH3 is 2. The van der Waals surface area contributed by atoms with Gasteiger partial charge in [-0.3, -0.25) is 0 Å². The van der Waals surface area contributed by atoms with Gasteiger partial charge in [0.25, 0.3) is 0 Å². The van der Waals surface area contributed by atoms with E-state index in [1.165, 1.54) is 11.2 Å². The van der Waals surface area contributed by atoms with E-state index >= 15 is 0 Å². The molecule has 0 spiro atoms. The number of carbonyl (C=O) groups is 1. The Morgan fingerprint density at radius 1 is 0.879 bits per heavy atom. The van der Waals surface area contributed by atoms with Gasteiger partial charge in [-0.15, -0.1) is 11.8 Å². The summed E-state index contributed by atoms with van der Waals surface area (Å²) in [5.74, 6) is 1.68. The number of hydrogen-bond donors (Lipinski definition) is 3. The van der Waals surface area contributed by atoms with Crippen molar-refractivity contribution in [1.82, 2.24) is 9.97 Å². The average Bonchev–Trinajstić information content (AvgIpc) is 2.85. The predicted molar refractivity (Wildman–Crippen MR) is 134 cm³/mol. The number of nitrogens with zero attached hydrogens (tertiary/aromatic N) is 2. The highest BCUT2D eigenvalue weighted by Crippen LogP contribution is 2.32. The third-order valence-electron chi connectivity index (χ3n) is 4.55. The van der Waals surface area contributed by atoms with Crippen LogP contribution in [0, 0.1) is 0 Å². The highest BCUT2D eigenvalue weighted by atomic mass is 32.2. The first-order chi connectivity index (χ1) is 16.0. The number of urea groups is 1. The fourth-order valence-corrected chi connectivity index (χ4v) is 3.30. The Morgan fingerprint density at radius 2 is 1.48 bits per heavy atom. The topological polar surface area (TPSA) is 111 Å². The molecule has 0 aliphatic heterocycles. The fraction of sp³-hybridized carbons (Fsp3) is 0.125. The maximum atomic E-state index is 11.7. The summed E-state index contributed by atoms with van der Waals surface area (Å²) in [6, 6.07) is 20.4. The maximum Gasteiger partial charge on any atom is 0.323 e. The quantitative estimate of drug-likeness (QED) is 0.345. The number of rotatable bonds is 5. The van der Waals surface area contributed by atoms with Crippen LogP contribution in [-0.4, -0.2) is 36.5 Å². The molecule has 0 saturated carbocycles. The summed E-state index contributed by atoms with van der Waals surface area (Å²) in [5.41, 5.74) is 8.01. The van der Waals surface area contributed by atoms with Crippen LogP contribution >= 0.6 is 11.8 Å². The van der Waals surface area contributed by atoms with Gasteiger partial charge >= 0.3 is 6.03 Å². The molecule has 2 amide bonds. The number of nitrogens with one attached hydrogen (secondary N) is 2. The van der Waals surface area contributed by atoms with Crippen LogP contribution in [-0.2, 0) is 0 Å². The second-order valence-corrected chi connectivity index (χ2v) is 7.54. The maximum absolute atomic E-state index is 11.7. The van der Waals surface area contributed by atoms with Gasteiger partial charge < -0.3 is 25.8 Å². The Kier molecular flexibility index (Phi) is 8.31. The first kappa shape index (κ1) is 23.7. The third-order valence-corrected chi connectivity index (χ3v) is 5.29. The lowest BCUT2D eigenvalue weighted by atomic mass is 10.2. The van der Waals surface area contributed by atoms with Crippen molar-refractivity contribution in [3.63, 3.8) is 0 Å². The van der Waals surface area contributed by atoms with E-state index in [1.807, 2.05) is 60.9 Å². The number of para-hydroxylation sites is 1. The summed E-state index contributed by atoms with van der Waals surface area (Å²) >= 11 is 1.67. The van der Waals surface area contributed by atoms with Crippen molar-refractivity contribution in [2.45, 2.75) is 4.90 Å². The summed E-state index contributed by atoms with van der Waals surface area (Å²) < 4.78 is 10.3. The van der Waals surface area contributed by atoms with Gasteiger partial charge in [-0.1, -0.05) is 18.2 Å². The molecular weight excluding hydrogens is 438 g/mol. The minimum Gasteiger partial charge on any atom is -0.493 e. The molecule has 170 valence electrons. The van der Waals surface area contributed by atoms with E-state index in [1.54, 1.807) is 38.1 Å². The first-order valence-corrected chi connectivity index (χ1v) is 11.2. The van der Waals surface area contributed by atoms with Gasteiger partial charge in [0, 0.05) is 27.7 Å². The van der Waals surface area contributed by atoms with Crippen LogP contribution in [0.5, 0.6) is 11.5 Å². The van der Waals surface area contributed by atoms with E-state index in [0.29, 0.717) is 17.3 Å². The highest BCUT2D eigenvalue weighted by molar-refractivity contribution is 7.98. The van der Waals surface area contributed by atoms with Gasteiger partial charge in [-0.05, 0) is 48.7 Å². The molecule has 0 aliphatic carbocycles. The molecule has 0 unspecified atom stereocenters. The van der Waals surface area contributed by atoms with Crippen LogP contribution in [0.2, 0.25) is 0 Å². The number of carbonyl (C=O) groups excluding carboxylic acids is 1. The van der Waals surface area contributed by atoms with E-state index in [-0.39, 0.29) is 6.03 Å². The molecular formula is C24H25N5O3S. The smallest absolute Gasteiger partial charge is 0.323 e. The molecule has 0 atom stereocenters. The molecule has 0 radical (unpaired) electrons. The van der Waals surface area contributed by atoms with Crippen LogP contribution in [0.4, 0.5) is 22.0 Å². The lowest BCUT2D eigenvalue weighted by Crippen LogP contribution is -2.19. The molecule has 4 N–H and O–H groups in total. The minimum absolute atomic E-state index is 0.238. The monoisotopic (exact) mass is 463 g/mol. The van der Waals surface area contributed by atoms with Crippen molar-refractivity contribution in [1.29, 1.82) is 0 Å². The third kappa shape index (κ3) is 6.50. The van der Waals surface area contributed by atoms with Crippen molar-refractivity contribution in [2.75, 3.05) is 36.8 Å². The Labute approximate surface area is 196 Å². The summed E-state index contributed by atoms with van der Waals surface area (Å²) in [7, 11) is 3.15. The van der Waals surface area contributed by atoms with Gasteiger partial charge in [0.2, 0.25) is 0 Å². The zero-order valence-corrected chi connectivity index (χ0v) is 19.3. The standard InChI is InChI=1S/C14H14N2OS.C10H11N3O2/c1-18-13-9-7-12(8-10-13)16-14(17)15-11-5-3-2-4-6-11;1-14-8-3-6-7(4-9(8)15-2)12-5-13-10(6)11/h2-10H,1H3,(H2,15,16,17);3-5H,1-2H3,(H2,11,12,13). The lowest BCUT2D eigenvalue weighted by molar-refractivity contribution is 0.262. The molecule has 1 heterocycles. The number of amides is 2. The molecule has 0 bridgehead atoms. The van der Waals surface area contributed by atoms with Crippen molar-refractivity contribution < 1.29 is 14.3 Å². The summed E-state index contributed by atoms with van der Waals surface area (Å²) in [4.78, 5) is 20.9. The Balaban J connectivity index is 0.000000189. The number of ether oxygens (including phenoxy) is 2. The van der Waals surface area contributed by atoms with Crippen LogP contribution < -0.4 is 25.8 Å². The summed E-state index contributed by atoms with van der Waals surface area (Å²) in [6.07, 6.45) is 3.44. The van der Waals surface area contributed by atoms with E-state index in [4.69, 9.17) is 15.2 Å². The van der Waals surface area contributed by atoms with Gasteiger partial charge in [0.1, 0.15) is 12.1 Å². The molecule has 1 aromatic heterocycles. The van der Waals surface area contributed by atoms with Crippen molar-refractivity contribution >= 4 is 45.9 Å². The average molecular weight is 464 g/mol. The number of fused-ring (bicyclic) bond motifs is 1. The molecule has 4 aromatic rings. The van der Waals surface area contributed by atoms with Crippen LogP contribution in [0.1, 0.15) is 0 Å². The van der Waals surface area contributed by atoms with Gasteiger partial charge in [0.05, 0.1) is 19.7 Å². The number of thioether (sulfide) groups is 1. The van der Waals surface area contributed by atoms with Gasteiger partial charge in [0.15, 0.2) is 11.5 Å². The molecule has 0 fully saturated rings. The second kappa shape index (κ2) is 11.6. The van der Waals surface area contributed by atoms with E-state index in [2.05, 4.69) is 20.6 Å². The molecule has 8 nitrogen and oxygen atoms in total. The SMILES string of the molecule is COc1cc2ncnc(N)c2cc1OC.CSc1ccc(NC(=O)Nc2ccccc2)cc1. The zero-order chi connectivity index (χ0) is 23.6. The van der Waals surface area contributed by atoms with E-state index in [9.17, 15) is 4.79 Å². The minimum atomic E-state index is -0.238. The second-order valence-electron chi connectivity index (χ2n) is 6.66. The molecule has 4 rings (SSSR count). The van der Waals surface area contributed by atoms with Crippen LogP contribution in [0.3, 0.4) is 0 Å². The summed E-state index contributed by atoms with van der Waals surface area (Å²) in [5, 5.41) is 6.31. The number of aromatic nitrogens is 2. The van der Waals surface area contributed by atoms with Crippen molar-refractivity contribution in [2.24, 2.45) is 0 Å². The van der Waals surface area contributed by atoms with Gasteiger partial charge in [-0.2, -0.15) is 0 Å². The molecule has 3 aromatic carbocycles. The normalized spacial score (nSPS) is 10.0. The molecule has 0 saturated heterocycles. The van der Waals surface area contributed by atoms with E-state index in [0.717, 1.165) is 22.3 Å². The number of nitrogen functional groups attached to an aromatic ring is 1. The Morgan fingerprint density at radius 3 is 2.09 bits per heavy atom. The van der Waals surface area contributed by atoms with Crippen molar-refractivity contribution in [3.05, 3.63) is 73.1 Å². The molecule has 33 heavy (non-hydrogen) atoms. The Bertz CT molecular complexity index is 1200.